The van der Waals surface area contributed by atoms with Crippen molar-refractivity contribution in [3.63, 3.8) is 0 Å². The number of hydrogen-bond acceptors (Lipinski definition) is 5. The first-order valence-corrected chi connectivity index (χ1v) is 11.6. The first kappa shape index (κ1) is 24.4. The Morgan fingerprint density at radius 2 is 1.77 bits per heavy atom. The normalized spacial score (nSPS) is 17.1. The fraction of sp³-hybridized carbons (Fsp3) is 0.214. The number of anilines is 1. The monoisotopic (exact) mass is 491 g/mol. The van der Waals surface area contributed by atoms with Gasteiger partial charge in [-0.25, -0.2) is 0 Å². The van der Waals surface area contributed by atoms with Crippen LogP contribution in [0.5, 0.6) is 11.5 Å². The number of Topliss-reactive ketones (excluding diaryl/α,β-unsaturated/α-hetero) is 1. The Labute approximate surface area is 209 Å². The Hall–Kier alpha value is -3.77. The summed E-state index contributed by atoms with van der Waals surface area (Å²) in [6.07, 6.45) is 0. The molecule has 1 aliphatic heterocycles. The van der Waals surface area contributed by atoms with E-state index in [1.807, 2.05) is 45.0 Å². The van der Waals surface area contributed by atoms with Gasteiger partial charge in [0, 0.05) is 11.3 Å². The molecule has 0 bridgehead atoms. The highest BCUT2D eigenvalue weighted by atomic mass is 35.5. The Balaban J connectivity index is 1.92. The van der Waals surface area contributed by atoms with Crippen LogP contribution in [-0.2, 0) is 9.59 Å². The average Bonchev–Trinajstić information content (AvgIpc) is 3.10. The molecule has 0 radical (unpaired) electrons. The maximum absolute atomic E-state index is 13.3. The van der Waals surface area contributed by atoms with Gasteiger partial charge in [0.2, 0.25) is 0 Å². The number of amides is 1. The first-order chi connectivity index (χ1) is 16.8. The van der Waals surface area contributed by atoms with Crippen molar-refractivity contribution >= 4 is 34.7 Å². The van der Waals surface area contributed by atoms with Crippen molar-refractivity contribution in [3.05, 3.63) is 93.5 Å². The van der Waals surface area contributed by atoms with Gasteiger partial charge in [-0.15, -0.1) is 0 Å². The molecule has 1 unspecified atom stereocenters. The number of methoxy groups -OCH3 is 1. The Morgan fingerprint density at radius 1 is 1.03 bits per heavy atom. The van der Waals surface area contributed by atoms with Crippen LogP contribution in [0.4, 0.5) is 5.69 Å². The first-order valence-electron chi connectivity index (χ1n) is 11.2. The molecule has 1 heterocycles. The van der Waals surface area contributed by atoms with Gasteiger partial charge in [0.05, 0.1) is 30.4 Å². The number of halogens is 1. The number of carbonyl (C=O) groups is 2. The van der Waals surface area contributed by atoms with E-state index in [-0.39, 0.29) is 11.3 Å². The number of carbonyl (C=O) groups excluding carboxylic acids is 2. The van der Waals surface area contributed by atoms with Crippen molar-refractivity contribution < 1.29 is 24.2 Å². The summed E-state index contributed by atoms with van der Waals surface area (Å²) < 4.78 is 10.8. The molecular weight excluding hydrogens is 466 g/mol. The van der Waals surface area contributed by atoms with Crippen molar-refractivity contribution in [2.75, 3.05) is 18.6 Å². The fourth-order valence-corrected chi connectivity index (χ4v) is 4.58. The summed E-state index contributed by atoms with van der Waals surface area (Å²) in [6, 6.07) is 16.7. The van der Waals surface area contributed by atoms with Crippen LogP contribution in [0.3, 0.4) is 0 Å². The molecule has 3 aromatic carbocycles. The van der Waals surface area contributed by atoms with Gasteiger partial charge in [-0.2, -0.15) is 0 Å². The molecule has 0 spiro atoms. The van der Waals surface area contributed by atoms with Crippen molar-refractivity contribution in [3.8, 4) is 11.5 Å². The van der Waals surface area contributed by atoms with Crippen LogP contribution < -0.4 is 14.4 Å². The highest BCUT2D eigenvalue weighted by Gasteiger charge is 2.47. The highest BCUT2D eigenvalue weighted by molar-refractivity contribution is 6.51. The van der Waals surface area contributed by atoms with E-state index in [1.165, 1.54) is 12.0 Å². The number of ketones is 1. The third-order valence-electron chi connectivity index (χ3n) is 5.96. The van der Waals surface area contributed by atoms with Crippen LogP contribution >= 0.6 is 11.6 Å². The fourth-order valence-electron chi connectivity index (χ4n) is 4.33. The minimum absolute atomic E-state index is 0.0103. The third-order valence-corrected chi connectivity index (χ3v) is 6.26. The van der Waals surface area contributed by atoms with Gasteiger partial charge < -0.3 is 14.6 Å². The number of aliphatic hydroxyl groups is 1. The number of aryl methyl sites for hydroxylation is 2. The molecule has 3 aromatic rings. The van der Waals surface area contributed by atoms with Crippen molar-refractivity contribution in [1.82, 2.24) is 0 Å². The third kappa shape index (κ3) is 4.49. The van der Waals surface area contributed by atoms with Gasteiger partial charge in [-0.3, -0.25) is 14.5 Å². The van der Waals surface area contributed by atoms with E-state index in [4.69, 9.17) is 21.1 Å². The van der Waals surface area contributed by atoms with Crippen molar-refractivity contribution in [1.29, 1.82) is 0 Å². The molecule has 1 fully saturated rings. The summed E-state index contributed by atoms with van der Waals surface area (Å²) in [6.45, 7) is 6.19. The zero-order valence-corrected chi connectivity index (χ0v) is 20.7. The molecule has 35 heavy (non-hydrogen) atoms. The number of aliphatic hydroxyl groups excluding tert-OH is 1. The van der Waals surface area contributed by atoms with E-state index in [2.05, 4.69) is 0 Å². The molecule has 0 aromatic heterocycles. The molecule has 1 aliphatic rings. The minimum Gasteiger partial charge on any atom is -0.507 e. The smallest absolute Gasteiger partial charge is 0.300 e. The van der Waals surface area contributed by atoms with E-state index < -0.39 is 17.7 Å². The zero-order chi connectivity index (χ0) is 25.3. The molecule has 180 valence electrons. The maximum atomic E-state index is 13.3. The van der Waals surface area contributed by atoms with E-state index in [9.17, 15) is 14.7 Å². The Kier molecular flexibility index (Phi) is 6.85. The summed E-state index contributed by atoms with van der Waals surface area (Å²) in [7, 11) is 1.50. The molecular formula is C28H26ClNO5. The summed E-state index contributed by atoms with van der Waals surface area (Å²) in [5, 5.41) is 11.7. The lowest BCUT2D eigenvalue weighted by Gasteiger charge is -2.26. The van der Waals surface area contributed by atoms with E-state index in [0.29, 0.717) is 39.9 Å². The maximum Gasteiger partial charge on any atom is 0.300 e. The lowest BCUT2D eigenvalue weighted by molar-refractivity contribution is -0.132. The lowest BCUT2D eigenvalue weighted by Crippen LogP contribution is -2.29. The number of ether oxygens (including phenoxy) is 2. The second-order valence-electron chi connectivity index (χ2n) is 8.32. The number of nitrogens with zero attached hydrogens (tertiary/aromatic N) is 1. The van der Waals surface area contributed by atoms with Gasteiger partial charge in [-0.05, 0) is 68.3 Å². The van der Waals surface area contributed by atoms with Crippen LogP contribution in [0.2, 0.25) is 5.02 Å². The van der Waals surface area contributed by atoms with Crippen LogP contribution in [0.15, 0.2) is 66.2 Å². The molecule has 0 saturated carbocycles. The summed E-state index contributed by atoms with van der Waals surface area (Å²) in [5.74, 6) is -0.630. The molecule has 7 heteroatoms. The van der Waals surface area contributed by atoms with Gasteiger partial charge in [-0.1, -0.05) is 41.4 Å². The summed E-state index contributed by atoms with van der Waals surface area (Å²) in [4.78, 5) is 28.0. The largest absolute Gasteiger partial charge is 0.507 e. The van der Waals surface area contributed by atoms with Crippen molar-refractivity contribution in [2.24, 2.45) is 0 Å². The van der Waals surface area contributed by atoms with Crippen LogP contribution in [0.1, 0.15) is 35.2 Å². The second-order valence-corrected chi connectivity index (χ2v) is 8.72. The quantitative estimate of drug-likeness (QED) is 0.260. The van der Waals surface area contributed by atoms with Gasteiger partial charge in [0.1, 0.15) is 17.3 Å². The SMILES string of the molecule is CCOc1ccc(/C(O)=C2\C(=O)C(=O)N(c3ccc(OC)c(Cl)c3)C2c2cccc(C)c2)cc1C. The van der Waals surface area contributed by atoms with Crippen molar-refractivity contribution in [2.45, 2.75) is 26.8 Å². The van der Waals surface area contributed by atoms with Crippen LogP contribution in [0.25, 0.3) is 5.76 Å². The predicted molar refractivity (Wildman–Crippen MR) is 136 cm³/mol. The Morgan fingerprint density at radius 3 is 2.40 bits per heavy atom. The predicted octanol–water partition coefficient (Wildman–Crippen LogP) is 5.99. The molecule has 0 aliphatic carbocycles. The standard InChI is InChI=1S/C28H26ClNO5/c1-5-35-22-11-9-19(14-17(22)3)26(31)24-25(18-8-6-7-16(2)13-18)30(28(33)27(24)32)20-10-12-23(34-4)21(29)15-20/h6-15,25,31H,5H2,1-4H3/b26-24+. The summed E-state index contributed by atoms with van der Waals surface area (Å²) in [5.41, 5.74) is 3.31. The van der Waals surface area contributed by atoms with Gasteiger partial charge >= 0.3 is 0 Å². The molecule has 1 saturated heterocycles. The number of benzene rings is 3. The highest BCUT2D eigenvalue weighted by Crippen LogP contribution is 2.44. The lowest BCUT2D eigenvalue weighted by atomic mass is 9.94. The topological polar surface area (TPSA) is 76.1 Å². The zero-order valence-electron chi connectivity index (χ0n) is 20.0. The van der Waals surface area contributed by atoms with Crippen LogP contribution in [0, 0.1) is 13.8 Å². The average molecular weight is 492 g/mol. The van der Waals surface area contributed by atoms with E-state index in [1.54, 1.807) is 36.4 Å². The second kappa shape index (κ2) is 9.84. The Bertz CT molecular complexity index is 1350. The molecule has 1 amide bonds. The van der Waals surface area contributed by atoms with Crippen LogP contribution in [-0.4, -0.2) is 30.5 Å². The van der Waals surface area contributed by atoms with Gasteiger partial charge in [0.25, 0.3) is 11.7 Å². The minimum atomic E-state index is -0.841. The molecule has 1 atom stereocenters. The molecule has 6 nitrogen and oxygen atoms in total. The van der Waals surface area contributed by atoms with E-state index >= 15 is 0 Å². The summed E-state index contributed by atoms with van der Waals surface area (Å²) >= 11 is 6.34. The number of rotatable bonds is 6. The number of hydrogen-bond donors (Lipinski definition) is 1. The molecule has 1 N–H and O–H groups in total. The molecule has 4 rings (SSSR count). The van der Waals surface area contributed by atoms with Gasteiger partial charge in [0.15, 0.2) is 0 Å². The van der Waals surface area contributed by atoms with E-state index in [0.717, 1.165) is 11.1 Å².